The van der Waals surface area contributed by atoms with E-state index in [1.807, 2.05) is 42.5 Å². The van der Waals surface area contributed by atoms with Crippen LogP contribution < -0.4 is 10.7 Å². The van der Waals surface area contributed by atoms with Crippen molar-refractivity contribution in [1.82, 2.24) is 35.3 Å². The molecule has 7 rings (SSSR count). The van der Waals surface area contributed by atoms with E-state index in [1.165, 1.54) is 12.4 Å². The molecule has 0 radical (unpaired) electrons. The molecule has 0 unspecified atom stereocenters. The van der Waals surface area contributed by atoms with Gasteiger partial charge in [-0.2, -0.15) is 5.10 Å². The highest BCUT2D eigenvalue weighted by atomic mass is 19.1. The van der Waals surface area contributed by atoms with Gasteiger partial charge < -0.3 is 15.7 Å². The maximum Gasteiger partial charge on any atom is 0.228 e. The van der Waals surface area contributed by atoms with Crippen molar-refractivity contribution in [3.63, 3.8) is 0 Å². The second-order valence-electron chi connectivity index (χ2n) is 9.67. The van der Waals surface area contributed by atoms with Crippen molar-refractivity contribution in [3.05, 3.63) is 120 Å². The Hall–Kier alpha value is -5.84. The smallest absolute Gasteiger partial charge is 0.228 e. The molecule has 0 spiro atoms. The first-order chi connectivity index (χ1) is 20.6. The van der Waals surface area contributed by atoms with Gasteiger partial charge in [-0.15, -0.1) is 0 Å². The van der Waals surface area contributed by atoms with E-state index in [9.17, 15) is 4.79 Å². The van der Waals surface area contributed by atoms with Crippen LogP contribution in [-0.2, 0) is 17.8 Å². The molecule has 1 aliphatic heterocycles. The van der Waals surface area contributed by atoms with Crippen molar-refractivity contribution >= 4 is 28.3 Å². The second-order valence-corrected chi connectivity index (χ2v) is 9.67. The third kappa shape index (κ3) is 4.73. The first-order valence-corrected chi connectivity index (χ1v) is 13.2. The number of carbonyl (C=O) groups is 1. The highest BCUT2D eigenvalue weighted by molar-refractivity contribution is 6.14. The lowest BCUT2D eigenvalue weighted by atomic mass is 9.99. The summed E-state index contributed by atoms with van der Waals surface area (Å²) in [6.45, 7) is 0.305. The fraction of sp³-hybridized carbons (Fsp3) is 0.0645. The average molecular weight is 556 g/mol. The monoisotopic (exact) mass is 555 g/mol. The number of fused-ring (bicyclic) bond motifs is 2. The number of hydrogen-bond donors (Lipinski definition) is 3. The van der Waals surface area contributed by atoms with E-state index < -0.39 is 5.82 Å². The molecule has 6 heterocycles. The summed E-state index contributed by atoms with van der Waals surface area (Å²) in [6, 6.07) is 16.6. The number of anilines is 1. The van der Waals surface area contributed by atoms with Gasteiger partial charge >= 0.3 is 0 Å². The van der Waals surface area contributed by atoms with E-state index >= 15 is 4.39 Å². The van der Waals surface area contributed by atoms with Crippen molar-refractivity contribution < 1.29 is 9.18 Å². The molecule has 1 amide bonds. The molecule has 0 fully saturated rings. The lowest BCUT2D eigenvalue weighted by Crippen LogP contribution is -2.24. The van der Waals surface area contributed by atoms with Crippen LogP contribution in [0.25, 0.3) is 33.5 Å². The summed E-state index contributed by atoms with van der Waals surface area (Å²) in [7, 11) is 0. The minimum Gasteiger partial charge on any atom is -0.336 e. The predicted octanol–water partition coefficient (Wildman–Crippen LogP) is 4.65. The van der Waals surface area contributed by atoms with Gasteiger partial charge in [0, 0.05) is 47.7 Å². The Morgan fingerprint density at radius 1 is 0.905 bits per heavy atom. The summed E-state index contributed by atoms with van der Waals surface area (Å²) in [6.07, 6.45) is 9.94. The predicted molar refractivity (Wildman–Crippen MR) is 156 cm³/mol. The van der Waals surface area contributed by atoms with Crippen LogP contribution in [0.3, 0.4) is 0 Å². The van der Waals surface area contributed by atoms with E-state index in [0.29, 0.717) is 46.1 Å². The molecule has 1 aromatic carbocycles. The van der Waals surface area contributed by atoms with Gasteiger partial charge in [-0.05, 0) is 29.8 Å². The summed E-state index contributed by atoms with van der Waals surface area (Å²) >= 11 is 0. The minimum atomic E-state index is -0.562. The van der Waals surface area contributed by atoms with E-state index in [0.717, 1.165) is 16.6 Å². The molecule has 5 aromatic heterocycles. The van der Waals surface area contributed by atoms with E-state index in [4.69, 9.17) is 4.98 Å². The molecule has 204 valence electrons. The van der Waals surface area contributed by atoms with Gasteiger partial charge in [0.1, 0.15) is 16.9 Å². The van der Waals surface area contributed by atoms with Crippen LogP contribution >= 0.6 is 0 Å². The molecular formula is C31H22FN9O. The number of hydrogen-bond acceptors (Lipinski definition) is 8. The summed E-state index contributed by atoms with van der Waals surface area (Å²) in [5.41, 5.74) is 8.82. The molecule has 0 atom stereocenters. The third-order valence-corrected chi connectivity index (χ3v) is 6.86. The van der Waals surface area contributed by atoms with Gasteiger partial charge in [-0.25, -0.2) is 9.37 Å². The van der Waals surface area contributed by atoms with Crippen LogP contribution in [-0.4, -0.2) is 41.5 Å². The van der Waals surface area contributed by atoms with E-state index in [2.05, 4.69) is 40.8 Å². The maximum absolute atomic E-state index is 16.3. The normalized spacial score (nSPS) is 12.4. The summed E-state index contributed by atoms with van der Waals surface area (Å²) in [5, 5.41) is 7.27. The zero-order valence-electron chi connectivity index (χ0n) is 22.0. The zero-order chi connectivity index (χ0) is 28.5. The number of carbonyl (C=O) groups excluding carboxylic acids is 1. The number of imidazole rings is 1. The topological polar surface area (TPSA) is 134 Å². The first kappa shape index (κ1) is 25.1. The van der Waals surface area contributed by atoms with Crippen LogP contribution in [0.1, 0.15) is 22.5 Å². The molecule has 0 aliphatic carbocycles. The Kier molecular flexibility index (Phi) is 6.36. The van der Waals surface area contributed by atoms with Crippen molar-refractivity contribution in [3.8, 4) is 22.5 Å². The van der Waals surface area contributed by atoms with Crippen LogP contribution in [0.15, 0.2) is 96.9 Å². The highest BCUT2D eigenvalue weighted by Crippen LogP contribution is 2.30. The number of aromatic nitrogens is 6. The highest BCUT2D eigenvalue weighted by Gasteiger charge is 2.27. The average Bonchev–Trinajstić information content (AvgIpc) is 3.47. The molecule has 1 aliphatic rings. The fourth-order valence-electron chi connectivity index (χ4n) is 4.93. The summed E-state index contributed by atoms with van der Waals surface area (Å²) < 4.78 is 16.3. The Balaban J connectivity index is 1.23. The van der Waals surface area contributed by atoms with Crippen LogP contribution in [0.4, 0.5) is 10.1 Å². The molecule has 42 heavy (non-hydrogen) atoms. The molecule has 10 nitrogen and oxygen atoms in total. The number of nitrogens with zero attached hydrogens (tertiary/aromatic N) is 6. The van der Waals surface area contributed by atoms with E-state index in [1.54, 1.807) is 36.9 Å². The Labute approximate surface area is 238 Å². The number of halogens is 1. The van der Waals surface area contributed by atoms with Gasteiger partial charge in [-0.3, -0.25) is 24.7 Å². The lowest BCUT2D eigenvalue weighted by Gasteiger charge is -2.18. The molecule has 11 heteroatoms. The third-order valence-electron chi connectivity index (χ3n) is 6.86. The van der Waals surface area contributed by atoms with Crippen molar-refractivity contribution in [1.29, 1.82) is 0 Å². The fourth-order valence-corrected chi connectivity index (χ4v) is 4.93. The van der Waals surface area contributed by atoms with Gasteiger partial charge in [-0.1, -0.05) is 30.3 Å². The van der Waals surface area contributed by atoms with Crippen LogP contribution in [0.2, 0.25) is 0 Å². The summed E-state index contributed by atoms with van der Waals surface area (Å²) in [4.78, 5) is 38.0. The molecule has 0 bridgehead atoms. The number of H-pyrrole nitrogens is 1. The maximum atomic E-state index is 16.3. The van der Waals surface area contributed by atoms with Crippen LogP contribution in [0, 0.1) is 5.82 Å². The number of aromatic amines is 1. The lowest BCUT2D eigenvalue weighted by molar-refractivity contribution is -0.115. The SMILES string of the molecule is O=C(Cc1ccccc1)Nc1cncc(-c2ncc3c(c2F)C(c2nc4c(-c5cccnc5)nccc4[nH]2)=NNC3)c1. The van der Waals surface area contributed by atoms with E-state index in [-0.39, 0.29) is 23.6 Å². The van der Waals surface area contributed by atoms with Crippen molar-refractivity contribution in [2.45, 2.75) is 13.0 Å². The number of pyridine rings is 4. The Morgan fingerprint density at radius 2 is 1.79 bits per heavy atom. The molecule has 0 saturated heterocycles. The van der Waals surface area contributed by atoms with Crippen LogP contribution in [0.5, 0.6) is 0 Å². The zero-order valence-corrected chi connectivity index (χ0v) is 22.0. The Bertz CT molecular complexity index is 1970. The van der Waals surface area contributed by atoms with Gasteiger partial charge in [0.2, 0.25) is 5.91 Å². The first-order valence-electron chi connectivity index (χ1n) is 13.2. The number of rotatable bonds is 6. The molecule has 6 aromatic rings. The number of amides is 1. The van der Waals surface area contributed by atoms with Gasteiger partial charge in [0.25, 0.3) is 0 Å². The van der Waals surface area contributed by atoms with Crippen molar-refractivity contribution in [2.24, 2.45) is 5.10 Å². The molecule has 3 N–H and O–H groups in total. The number of nitrogens with one attached hydrogen (secondary N) is 3. The van der Waals surface area contributed by atoms with Gasteiger partial charge in [0.15, 0.2) is 11.6 Å². The minimum absolute atomic E-state index is 0.0869. The molecule has 0 saturated carbocycles. The number of hydrazone groups is 1. The number of benzene rings is 1. The second kappa shape index (κ2) is 10.6. The molecular weight excluding hydrogens is 533 g/mol. The van der Waals surface area contributed by atoms with Gasteiger partial charge in [0.05, 0.1) is 41.6 Å². The van der Waals surface area contributed by atoms with Crippen molar-refractivity contribution in [2.75, 3.05) is 5.32 Å². The largest absolute Gasteiger partial charge is 0.336 e. The quantitative estimate of drug-likeness (QED) is 0.272. The summed E-state index contributed by atoms with van der Waals surface area (Å²) in [5.74, 6) is -0.384. The standard InChI is InChI=1S/C31H22FN9O/c32-26-25-21(15-36-27(26)20-12-22(17-34-14-20)38-24(42)11-18-5-2-1-3-6-18)16-37-41-30(25)31-39-23-8-10-35-28(29(23)40-31)19-7-4-9-33-13-19/h1-10,12-15,17,37H,11,16H2,(H,38,42)(H,39,40). The Morgan fingerprint density at radius 3 is 2.64 bits per heavy atom.